The van der Waals surface area contributed by atoms with Gasteiger partial charge in [0.25, 0.3) is 0 Å². The molecule has 2 aromatic heterocycles. The lowest BCUT2D eigenvalue weighted by molar-refractivity contribution is 0.302. The largest absolute Gasteiger partial charge is 0.489 e. The van der Waals surface area contributed by atoms with Crippen LogP contribution in [0, 0.1) is 6.92 Å². The molecule has 0 aliphatic rings. The van der Waals surface area contributed by atoms with Crippen molar-refractivity contribution in [1.29, 1.82) is 0 Å². The van der Waals surface area contributed by atoms with Crippen LogP contribution in [0.4, 0.5) is 0 Å². The van der Waals surface area contributed by atoms with E-state index in [1.54, 1.807) is 0 Å². The highest BCUT2D eigenvalue weighted by atomic mass is 16.5. The molecular weight excluding hydrogens is 504 g/mol. The van der Waals surface area contributed by atoms with Gasteiger partial charge in [0, 0.05) is 34.2 Å². The molecule has 0 unspecified atom stereocenters. The predicted molar refractivity (Wildman–Crippen MR) is 171 cm³/mol. The number of rotatable bonds is 8. The number of H-pyrrole nitrogens is 2. The molecule has 0 atom stereocenters. The van der Waals surface area contributed by atoms with E-state index in [1.165, 1.54) is 49.6 Å². The van der Waals surface area contributed by atoms with Crippen molar-refractivity contribution in [3.05, 3.63) is 131 Å². The normalized spacial score (nSPS) is 11.2. The summed E-state index contributed by atoms with van der Waals surface area (Å²) in [6, 6.07) is 31.4. The van der Waals surface area contributed by atoms with E-state index in [0.29, 0.717) is 25.0 Å². The Morgan fingerprint density at radius 2 is 1.15 bits per heavy atom. The number of aryl methyl sites for hydroxylation is 1. The number of nitrogens with one attached hydrogen (secondary N) is 2. The topological polar surface area (TPSA) is 50.0 Å². The highest BCUT2D eigenvalue weighted by Crippen LogP contribution is 2.33. The third-order valence-electron chi connectivity index (χ3n) is 7.42. The smallest absolute Gasteiger partial charge is 0.124 e. The first-order valence-corrected chi connectivity index (χ1v) is 14.4. The number of ether oxygens (including phenoxy) is 2. The molecule has 2 heterocycles. The lowest BCUT2D eigenvalue weighted by Crippen LogP contribution is -2.00. The van der Waals surface area contributed by atoms with Gasteiger partial charge in [-0.25, -0.2) is 0 Å². The van der Waals surface area contributed by atoms with Crippen LogP contribution in [-0.4, -0.2) is 9.97 Å². The maximum Gasteiger partial charge on any atom is 0.124 e. The SMILES string of the molecule is CC(C)c1cc2[nH]ccc2cc1OCc1ccccc1.Cc1c[nH]c2cc(C(C)C)c(OCc3ccccc3)cc12. The van der Waals surface area contributed by atoms with Crippen LogP contribution >= 0.6 is 0 Å². The van der Waals surface area contributed by atoms with Gasteiger partial charge in [-0.1, -0.05) is 88.4 Å². The average Bonchev–Trinajstić information content (AvgIpc) is 3.60. The molecule has 4 aromatic carbocycles. The van der Waals surface area contributed by atoms with E-state index in [1.807, 2.05) is 42.6 Å². The Hall–Kier alpha value is -4.44. The third kappa shape index (κ3) is 6.83. The van der Waals surface area contributed by atoms with Crippen molar-refractivity contribution < 1.29 is 9.47 Å². The first-order valence-electron chi connectivity index (χ1n) is 14.4. The Balaban J connectivity index is 0.000000165. The molecule has 41 heavy (non-hydrogen) atoms. The molecule has 2 N–H and O–H groups in total. The van der Waals surface area contributed by atoms with Gasteiger partial charge in [0.05, 0.1) is 0 Å². The first-order chi connectivity index (χ1) is 19.9. The number of fused-ring (bicyclic) bond motifs is 2. The number of hydrogen-bond acceptors (Lipinski definition) is 2. The number of aromatic amines is 2. The second-order valence-corrected chi connectivity index (χ2v) is 11.2. The van der Waals surface area contributed by atoms with Gasteiger partial charge in [0.15, 0.2) is 0 Å². The summed E-state index contributed by atoms with van der Waals surface area (Å²) >= 11 is 0. The molecule has 6 rings (SSSR count). The average molecular weight is 545 g/mol. The number of benzene rings is 4. The zero-order valence-electron chi connectivity index (χ0n) is 24.7. The monoisotopic (exact) mass is 544 g/mol. The molecule has 6 aromatic rings. The molecule has 0 radical (unpaired) electrons. The summed E-state index contributed by atoms with van der Waals surface area (Å²) < 4.78 is 12.2. The van der Waals surface area contributed by atoms with Crippen molar-refractivity contribution in [3.63, 3.8) is 0 Å². The van der Waals surface area contributed by atoms with Gasteiger partial charge in [-0.3, -0.25) is 0 Å². The van der Waals surface area contributed by atoms with E-state index in [2.05, 4.69) is 105 Å². The van der Waals surface area contributed by atoms with Crippen molar-refractivity contribution in [3.8, 4) is 11.5 Å². The quantitative estimate of drug-likeness (QED) is 0.200. The van der Waals surface area contributed by atoms with Crippen LogP contribution in [0.25, 0.3) is 21.8 Å². The Bertz CT molecular complexity index is 1700. The van der Waals surface area contributed by atoms with E-state index in [0.717, 1.165) is 11.5 Å². The summed E-state index contributed by atoms with van der Waals surface area (Å²) in [6.45, 7) is 12.1. The van der Waals surface area contributed by atoms with Crippen LogP contribution < -0.4 is 9.47 Å². The third-order valence-corrected chi connectivity index (χ3v) is 7.42. The highest BCUT2D eigenvalue weighted by molar-refractivity contribution is 5.85. The zero-order valence-corrected chi connectivity index (χ0v) is 24.7. The molecule has 0 spiro atoms. The van der Waals surface area contributed by atoms with Gasteiger partial charge in [-0.2, -0.15) is 0 Å². The summed E-state index contributed by atoms with van der Waals surface area (Å²) in [5, 5.41) is 2.43. The standard InChI is InChI=1S/C19H21NO.C18H19NO/c1-13(2)16-9-18-17(14(3)11-20-18)10-19(16)21-12-15-7-5-4-6-8-15;1-13(2)16-11-17-15(8-9-19-17)10-18(16)20-12-14-6-4-3-5-7-14/h4-11,13,20H,12H2,1-3H3;3-11,13,19H,12H2,1-2H3. The van der Waals surface area contributed by atoms with Crippen LogP contribution in [-0.2, 0) is 13.2 Å². The lowest BCUT2D eigenvalue weighted by Gasteiger charge is -2.15. The van der Waals surface area contributed by atoms with E-state index < -0.39 is 0 Å². The van der Waals surface area contributed by atoms with Gasteiger partial charge in [-0.05, 0) is 76.9 Å². The fourth-order valence-corrected chi connectivity index (χ4v) is 5.03. The first kappa shape index (κ1) is 28.1. The van der Waals surface area contributed by atoms with Crippen LogP contribution in [0.5, 0.6) is 11.5 Å². The highest BCUT2D eigenvalue weighted by Gasteiger charge is 2.13. The minimum Gasteiger partial charge on any atom is -0.489 e. The number of aromatic nitrogens is 2. The molecule has 0 saturated carbocycles. The Morgan fingerprint density at radius 1 is 0.610 bits per heavy atom. The van der Waals surface area contributed by atoms with Gasteiger partial charge in [0.2, 0.25) is 0 Å². The second-order valence-electron chi connectivity index (χ2n) is 11.2. The van der Waals surface area contributed by atoms with Gasteiger partial charge >= 0.3 is 0 Å². The van der Waals surface area contributed by atoms with Crippen LogP contribution in [0.2, 0.25) is 0 Å². The molecule has 4 nitrogen and oxygen atoms in total. The van der Waals surface area contributed by atoms with E-state index in [4.69, 9.17) is 9.47 Å². The molecular formula is C37H40N2O2. The molecule has 210 valence electrons. The molecule has 0 bridgehead atoms. The van der Waals surface area contributed by atoms with E-state index in [9.17, 15) is 0 Å². The molecule has 0 fully saturated rings. The summed E-state index contributed by atoms with van der Waals surface area (Å²) in [6.07, 6.45) is 4.02. The van der Waals surface area contributed by atoms with E-state index in [-0.39, 0.29) is 0 Å². The van der Waals surface area contributed by atoms with Crippen LogP contribution in [0.1, 0.15) is 67.3 Å². The van der Waals surface area contributed by atoms with Gasteiger partial charge < -0.3 is 19.4 Å². The second kappa shape index (κ2) is 12.8. The van der Waals surface area contributed by atoms with Crippen molar-refractivity contribution >= 4 is 21.8 Å². The Labute approximate surface area is 243 Å². The molecule has 4 heteroatoms. The fraction of sp³-hybridized carbons (Fsp3) is 0.243. The summed E-state index contributed by atoms with van der Waals surface area (Å²) in [7, 11) is 0. The van der Waals surface area contributed by atoms with Crippen molar-refractivity contribution in [2.45, 2.75) is 59.7 Å². The molecule has 0 aliphatic carbocycles. The molecule has 0 saturated heterocycles. The minimum absolute atomic E-state index is 0.434. The maximum atomic E-state index is 6.10. The Morgan fingerprint density at radius 3 is 1.71 bits per heavy atom. The minimum atomic E-state index is 0.434. The molecule has 0 aliphatic heterocycles. The lowest BCUT2D eigenvalue weighted by atomic mass is 10.00. The summed E-state index contributed by atoms with van der Waals surface area (Å²) in [5.74, 6) is 2.84. The maximum absolute atomic E-state index is 6.10. The van der Waals surface area contributed by atoms with Crippen LogP contribution in [0.3, 0.4) is 0 Å². The van der Waals surface area contributed by atoms with Crippen molar-refractivity contribution in [2.75, 3.05) is 0 Å². The summed E-state index contributed by atoms with van der Waals surface area (Å²) in [5.41, 5.74) is 8.49. The molecule has 0 amide bonds. The Kier molecular flexibility index (Phi) is 8.79. The van der Waals surface area contributed by atoms with Gasteiger partial charge in [-0.15, -0.1) is 0 Å². The van der Waals surface area contributed by atoms with Crippen LogP contribution in [0.15, 0.2) is 103 Å². The zero-order chi connectivity index (χ0) is 28.8. The fourth-order valence-electron chi connectivity index (χ4n) is 5.03. The van der Waals surface area contributed by atoms with Crippen molar-refractivity contribution in [2.24, 2.45) is 0 Å². The summed E-state index contributed by atoms with van der Waals surface area (Å²) in [4.78, 5) is 6.59. The van der Waals surface area contributed by atoms with E-state index >= 15 is 0 Å². The van der Waals surface area contributed by atoms with Crippen molar-refractivity contribution in [1.82, 2.24) is 9.97 Å². The van der Waals surface area contributed by atoms with Gasteiger partial charge in [0.1, 0.15) is 24.7 Å². The predicted octanol–water partition coefficient (Wildman–Crippen LogP) is 10.0. The number of hydrogen-bond donors (Lipinski definition) is 2.